The van der Waals surface area contributed by atoms with Crippen LogP contribution in [0.4, 0.5) is 4.79 Å². The van der Waals surface area contributed by atoms with Gasteiger partial charge in [0.1, 0.15) is 48.8 Å². The van der Waals surface area contributed by atoms with E-state index in [1.807, 2.05) is 0 Å². The summed E-state index contributed by atoms with van der Waals surface area (Å²) in [5.74, 6) is -1.19. The Hall–Kier alpha value is -1.70. The van der Waals surface area contributed by atoms with Crippen molar-refractivity contribution >= 4 is 12.0 Å². The molecule has 0 saturated carbocycles. The number of amides is 2. The van der Waals surface area contributed by atoms with E-state index in [1.165, 1.54) is 0 Å². The molecule has 16 heteroatoms. The van der Waals surface area contributed by atoms with Crippen molar-refractivity contribution in [1.29, 1.82) is 0 Å². The van der Waals surface area contributed by atoms with Crippen molar-refractivity contribution < 1.29 is 64.7 Å². The molecule has 0 radical (unpaired) electrons. The molecule has 0 aromatic rings. The number of hydrogen-bond acceptors (Lipinski definition) is 13. The van der Waals surface area contributed by atoms with Crippen LogP contribution < -0.4 is 16.4 Å². The van der Waals surface area contributed by atoms with E-state index in [9.17, 15) is 45.3 Å². The van der Waals surface area contributed by atoms with Gasteiger partial charge in [0.25, 0.3) is 0 Å². The minimum absolute atomic E-state index is 0.0117. The minimum atomic E-state index is -2.15. The van der Waals surface area contributed by atoms with Crippen molar-refractivity contribution in [2.24, 2.45) is 5.73 Å². The van der Waals surface area contributed by atoms with Gasteiger partial charge in [0.15, 0.2) is 12.0 Å². The van der Waals surface area contributed by atoms with Crippen LogP contribution in [0.3, 0.4) is 0 Å². The van der Waals surface area contributed by atoms with Gasteiger partial charge in [-0.3, -0.25) is 4.79 Å². The second-order valence-corrected chi connectivity index (χ2v) is 8.14. The van der Waals surface area contributed by atoms with E-state index in [0.29, 0.717) is 0 Å². The molecule has 2 aliphatic rings. The topological polar surface area (TPSA) is 274 Å². The molecular weight excluding hydrogens is 466 g/mol. The molecule has 0 unspecified atom stereocenters. The number of nitrogens with one attached hydrogen (secondary N) is 2. The highest BCUT2D eigenvalue weighted by Gasteiger charge is 2.54. The average molecular weight is 499 g/mol. The second-order valence-electron chi connectivity index (χ2n) is 8.14. The maximum Gasteiger partial charge on any atom is 0.320 e. The molecule has 12 N–H and O–H groups in total. The Morgan fingerprint density at radius 1 is 1.12 bits per heavy atom. The fourth-order valence-corrected chi connectivity index (χ4v) is 3.56. The van der Waals surface area contributed by atoms with Gasteiger partial charge in [-0.15, -0.1) is 0 Å². The molecule has 198 valence electrons. The molecule has 0 aromatic heterocycles. The summed E-state index contributed by atoms with van der Waals surface area (Å²) in [6, 6.07) is -2.00. The van der Waals surface area contributed by atoms with Crippen LogP contribution in [0.2, 0.25) is 0 Å². The third-order valence-electron chi connectivity index (χ3n) is 5.67. The maximum absolute atomic E-state index is 12.3. The Morgan fingerprint density at radius 3 is 2.38 bits per heavy atom. The molecule has 2 rings (SSSR count). The van der Waals surface area contributed by atoms with Gasteiger partial charge < -0.3 is 71.4 Å². The molecule has 0 aliphatic carbocycles. The third-order valence-corrected chi connectivity index (χ3v) is 5.67. The fraction of sp³-hybridized carbons (Fsp3) is 0.889. The number of carbonyl (C=O) groups is 2. The molecule has 2 heterocycles. The zero-order chi connectivity index (χ0) is 25.6. The highest BCUT2D eigenvalue weighted by Crippen LogP contribution is 2.30. The first-order valence-corrected chi connectivity index (χ1v) is 10.6. The van der Waals surface area contributed by atoms with Gasteiger partial charge >= 0.3 is 12.0 Å². The number of rotatable bonds is 10. The lowest BCUT2D eigenvalue weighted by Crippen LogP contribution is -2.72. The highest BCUT2D eigenvalue weighted by atomic mass is 16.7. The first-order chi connectivity index (χ1) is 16.0. The Kier molecular flexibility index (Phi) is 10.3. The second kappa shape index (κ2) is 12.3. The molecule has 0 aromatic carbocycles. The molecule has 2 fully saturated rings. The summed E-state index contributed by atoms with van der Waals surface area (Å²) in [7, 11) is 0. The highest BCUT2D eigenvalue weighted by molar-refractivity contribution is 5.75. The first kappa shape index (κ1) is 28.5. The van der Waals surface area contributed by atoms with Crippen molar-refractivity contribution in [3.8, 4) is 0 Å². The number of urea groups is 1. The van der Waals surface area contributed by atoms with E-state index in [1.54, 1.807) is 0 Å². The summed E-state index contributed by atoms with van der Waals surface area (Å²) in [6.07, 6.45) is -13.0. The average Bonchev–Trinajstić information content (AvgIpc) is 2.81. The van der Waals surface area contributed by atoms with Crippen LogP contribution in [0.1, 0.15) is 12.8 Å². The lowest BCUT2D eigenvalue weighted by molar-refractivity contribution is -0.346. The van der Waals surface area contributed by atoms with Crippen molar-refractivity contribution in [3.63, 3.8) is 0 Å². The molecule has 0 spiro atoms. The molecule has 10 atom stereocenters. The standard InChI is InChI=1S/C18H33N3O13/c19-7(15(29)30)2-1-3-20-17(31)21-18(6-23)14(28)13(8(24)5-32-18)34-16-12(27)11(26)10(25)9(4-22)33-16/h7-14,16,22-28H,1-6,19H2,(H,29,30)(H2,20,21,31)/t7-,8-,9-,10-,11+,12-,13-,14+,16-,18+/m0/s1. The molecule has 2 aliphatic heterocycles. The van der Waals surface area contributed by atoms with Gasteiger partial charge in [0.05, 0.1) is 19.8 Å². The largest absolute Gasteiger partial charge is 0.480 e. The summed E-state index contributed by atoms with van der Waals surface area (Å²) in [6.45, 7) is -2.22. The Balaban J connectivity index is 2.02. The van der Waals surface area contributed by atoms with E-state index >= 15 is 0 Å². The number of aliphatic hydroxyl groups excluding tert-OH is 7. The molecular formula is C18H33N3O13. The summed E-state index contributed by atoms with van der Waals surface area (Å²) in [5, 5.41) is 83.4. The van der Waals surface area contributed by atoms with E-state index in [-0.39, 0.29) is 19.4 Å². The van der Waals surface area contributed by atoms with Gasteiger partial charge in [-0.05, 0) is 12.8 Å². The monoisotopic (exact) mass is 499 g/mol. The zero-order valence-corrected chi connectivity index (χ0v) is 18.1. The summed E-state index contributed by atoms with van der Waals surface area (Å²) in [4.78, 5) is 23.0. The summed E-state index contributed by atoms with van der Waals surface area (Å²) < 4.78 is 15.9. The number of aliphatic hydroxyl groups is 7. The van der Waals surface area contributed by atoms with Crippen LogP contribution in [0.25, 0.3) is 0 Å². The lowest BCUT2D eigenvalue weighted by atomic mass is 9.94. The number of carboxylic acids is 1. The van der Waals surface area contributed by atoms with Gasteiger partial charge in [-0.1, -0.05) is 0 Å². The first-order valence-electron chi connectivity index (χ1n) is 10.6. The smallest absolute Gasteiger partial charge is 0.320 e. The van der Waals surface area contributed by atoms with E-state index < -0.39 is 92.6 Å². The van der Waals surface area contributed by atoms with Crippen molar-refractivity contribution in [2.75, 3.05) is 26.4 Å². The van der Waals surface area contributed by atoms with Crippen LogP contribution in [0.15, 0.2) is 0 Å². The van der Waals surface area contributed by atoms with Crippen LogP contribution in [-0.4, -0.2) is 140 Å². The Labute approximate surface area is 193 Å². The predicted molar refractivity (Wildman–Crippen MR) is 108 cm³/mol. The SMILES string of the molecule is N[C@@H](CCCNC(=O)N[C@]1(CO)OC[C@H](O)[C@H](O[C@@H]2O[C@@H](CO)[C@H](O)[C@@H](O)[C@@H]2O)[C@H]1O)C(=O)O. The van der Waals surface area contributed by atoms with Gasteiger partial charge in [-0.2, -0.15) is 0 Å². The molecule has 2 amide bonds. The number of ether oxygens (including phenoxy) is 3. The van der Waals surface area contributed by atoms with Crippen molar-refractivity contribution in [1.82, 2.24) is 10.6 Å². The summed E-state index contributed by atoms with van der Waals surface area (Å²) in [5.41, 5.74) is 3.22. The maximum atomic E-state index is 12.3. The normalized spacial score (nSPS) is 39.3. The van der Waals surface area contributed by atoms with Crippen molar-refractivity contribution in [3.05, 3.63) is 0 Å². The molecule has 0 bridgehead atoms. The van der Waals surface area contributed by atoms with Crippen LogP contribution in [0, 0.1) is 0 Å². The Bertz CT molecular complexity index is 685. The predicted octanol–water partition coefficient (Wildman–Crippen LogP) is -5.90. The van der Waals surface area contributed by atoms with E-state index in [4.69, 9.17) is 25.1 Å². The number of hydrogen-bond donors (Lipinski definition) is 11. The van der Waals surface area contributed by atoms with Crippen LogP contribution in [-0.2, 0) is 19.0 Å². The number of carboxylic acid groups (broad SMARTS) is 1. The van der Waals surface area contributed by atoms with Crippen LogP contribution in [0.5, 0.6) is 0 Å². The molecule has 34 heavy (non-hydrogen) atoms. The third kappa shape index (κ3) is 6.49. The van der Waals surface area contributed by atoms with Crippen molar-refractivity contribution in [2.45, 2.75) is 73.6 Å². The fourth-order valence-electron chi connectivity index (χ4n) is 3.56. The zero-order valence-electron chi connectivity index (χ0n) is 18.1. The Morgan fingerprint density at radius 2 is 1.79 bits per heavy atom. The lowest BCUT2D eigenvalue weighted by Gasteiger charge is -2.48. The van der Waals surface area contributed by atoms with E-state index in [0.717, 1.165) is 0 Å². The van der Waals surface area contributed by atoms with Gasteiger partial charge in [0.2, 0.25) is 0 Å². The van der Waals surface area contributed by atoms with Gasteiger partial charge in [-0.25, -0.2) is 4.79 Å². The minimum Gasteiger partial charge on any atom is -0.480 e. The number of carbonyl (C=O) groups excluding carboxylic acids is 1. The molecule has 16 nitrogen and oxygen atoms in total. The molecule has 2 saturated heterocycles. The van der Waals surface area contributed by atoms with Gasteiger partial charge in [0, 0.05) is 6.54 Å². The summed E-state index contributed by atoms with van der Waals surface area (Å²) >= 11 is 0. The quantitative estimate of drug-likeness (QED) is 0.125. The number of nitrogens with two attached hydrogens (primary N) is 1. The van der Waals surface area contributed by atoms with Crippen LogP contribution >= 0.6 is 0 Å². The number of aliphatic carboxylic acids is 1. The van der Waals surface area contributed by atoms with E-state index in [2.05, 4.69) is 10.6 Å².